The van der Waals surface area contributed by atoms with Crippen LogP contribution in [-0.2, 0) is 68.6 Å². The molecule has 526 valence electrons. The highest BCUT2D eigenvalue weighted by Crippen LogP contribution is 2.32. The number of primary amides is 1. The minimum atomic E-state index is -1.13. The monoisotopic (exact) mass is 1330 g/mol. The van der Waals surface area contributed by atoms with Crippen molar-refractivity contribution in [3.8, 4) is 0 Å². The molecule has 1 aromatic carbocycles. The Hall–Kier alpha value is -6.47. The van der Waals surface area contributed by atoms with Gasteiger partial charge < -0.3 is 56.3 Å². The molecule has 0 aliphatic carbocycles. The number of urea groups is 1. The number of ether oxygens (including phenoxy) is 2. The number of aliphatic carboxylic acids is 1. The number of carbonyl (C=O) groups is 12. The van der Waals surface area contributed by atoms with E-state index < -0.39 is 120 Å². The number of amides is 10. The summed E-state index contributed by atoms with van der Waals surface area (Å²) in [6.07, 6.45) is 1.89. The maximum absolute atomic E-state index is 14.9. The summed E-state index contributed by atoms with van der Waals surface area (Å²) in [6.45, 7) is 20.3. The molecule has 2 aliphatic rings. The molecule has 2 fully saturated rings. The first-order chi connectivity index (χ1) is 43.3. The van der Waals surface area contributed by atoms with Crippen LogP contribution in [0.3, 0.4) is 0 Å². The summed E-state index contributed by atoms with van der Waals surface area (Å²) in [4.78, 5) is 168. The van der Waals surface area contributed by atoms with Gasteiger partial charge in [-0.2, -0.15) is 0 Å². The number of Topliss-reactive ketones (excluding diaryl/α,β-unsaturated/α-hetero) is 2. The number of nitrogens with one attached hydrogen (secondary N) is 4. The number of hydrogen-bond donors (Lipinski definition) is 6. The molecule has 0 spiro atoms. The van der Waals surface area contributed by atoms with E-state index in [1.54, 1.807) is 60.4 Å². The van der Waals surface area contributed by atoms with Crippen molar-refractivity contribution >= 4 is 82.6 Å². The summed E-state index contributed by atoms with van der Waals surface area (Å²) < 4.78 is 12.0. The van der Waals surface area contributed by atoms with Crippen molar-refractivity contribution < 1.29 is 72.1 Å². The van der Waals surface area contributed by atoms with Gasteiger partial charge in [0, 0.05) is 85.5 Å². The Morgan fingerprint density at radius 2 is 1.39 bits per heavy atom. The third-order valence-electron chi connectivity index (χ3n) is 17.9. The number of thioether (sulfide) groups is 1. The summed E-state index contributed by atoms with van der Waals surface area (Å²) in [6, 6.07) is 3.98. The number of unbranched alkanes of at least 4 members (excludes halogenated alkanes) is 2. The lowest BCUT2D eigenvalue weighted by Gasteiger charge is -2.41. The maximum atomic E-state index is 14.9. The number of nitrogens with zero attached hydrogens (tertiary/aromatic N) is 4. The SMILES string of the molecule is C.CC[C@H](C)C([C@@H](CC(=O)N1CCCC1[C@H](OC)[C@@H](C)C(=O)C[C@@H](Cc1ccccc1)C(=O)O)OC)N(C)C(=O)[C@@H](NC(=O)[C@H](C(C)C)N(C)C(=O)CNC(=O)[C@H](CCCNC(N)=O)CC(=O)[C@@H](NC(=O)CCCCCN1C(=O)CC(SC(C)C)C1=O)C(C)C)C(C)C. The molecular weight excluding hydrogens is 1210 g/mol. The highest BCUT2D eigenvalue weighted by atomic mass is 32.2. The molecule has 10 amide bonds. The van der Waals surface area contributed by atoms with Crippen LogP contribution < -0.4 is 27.0 Å². The molecule has 2 aliphatic heterocycles. The van der Waals surface area contributed by atoms with E-state index in [-0.39, 0.29) is 124 Å². The van der Waals surface area contributed by atoms with Gasteiger partial charge in [0.05, 0.1) is 54.5 Å². The topological polar surface area (TPSA) is 331 Å². The average Bonchev–Trinajstić information content (AvgIpc) is 1.85. The van der Waals surface area contributed by atoms with E-state index in [9.17, 15) is 62.6 Å². The van der Waals surface area contributed by atoms with Crippen LogP contribution in [0, 0.1) is 41.4 Å². The van der Waals surface area contributed by atoms with Gasteiger partial charge in [-0.15, -0.1) is 11.8 Å². The smallest absolute Gasteiger partial charge is 0.312 e. The van der Waals surface area contributed by atoms with Gasteiger partial charge in [-0.25, -0.2) is 4.79 Å². The quantitative estimate of drug-likeness (QED) is 0.0314. The first-order valence-corrected chi connectivity index (χ1v) is 33.9. The molecule has 25 heteroatoms. The first-order valence-electron chi connectivity index (χ1n) is 32.9. The largest absolute Gasteiger partial charge is 0.481 e. The number of methoxy groups -OCH3 is 2. The normalized spacial score (nSPS) is 18.1. The number of likely N-dealkylation sites (tertiary alicyclic amines) is 2. The van der Waals surface area contributed by atoms with Gasteiger partial charge in [0.25, 0.3) is 0 Å². The van der Waals surface area contributed by atoms with Crippen LogP contribution in [0.4, 0.5) is 4.79 Å². The van der Waals surface area contributed by atoms with Gasteiger partial charge in [-0.3, -0.25) is 57.6 Å². The van der Waals surface area contributed by atoms with Crippen molar-refractivity contribution in [2.45, 2.75) is 226 Å². The van der Waals surface area contributed by atoms with Gasteiger partial charge in [0.15, 0.2) is 5.78 Å². The maximum Gasteiger partial charge on any atom is 0.312 e. The van der Waals surface area contributed by atoms with Crippen molar-refractivity contribution in [2.75, 3.05) is 54.5 Å². The number of ketones is 2. The number of nitrogens with two attached hydrogens (primary N) is 1. The second-order valence-corrected chi connectivity index (χ2v) is 28.1. The summed E-state index contributed by atoms with van der Waals surface area (Å²) in [5.74, 6) is -9.42. The highest BCUT2D eigenvalue weighted by Gasteiger charge is 2.45. The summed E-state index contributed by atoms with van der Waals surface area (Å²) in [7, 11) is 5.98. The molecule has 0 aromatic heterocycles. The lowest BCUT2D eigenvalue weighted by atomic mass is 9.85. The van der Waals surface area contributed by atoms with Gasteiger partial charge >= 0.3 is 12.0 Å². The average molecular weight is 1330 g/mol. The summed E-state index contributed by atoms with van der Waals surface area (Å²) in [5, 5.41) is 20.8. The fraction of sp³-hybridized carbons (Fsp3) is 0.735. The predicted molar refractivity (Wildman–Crippen MR) is 358 cm³/mol. The fourth-order valence-electron chi connectivity index (χ4n) is 12.6. The molecule has 24 nitrogen and oxygen atoms in total. The second-order valence-electron chi connectivity index (χ2n) is 26.3. The molecular formula is C68H113N9O15S. The number of carboxylic acids is 1. The number of likely N-dealkylation sites (N-methyl/N-ethyl adjacent to an activating group) is 2. The van der Waals surface area contributed by atoms with Crippen molar-refractivity contribution in [3.05, 3.63) is 35.9 Å². The van der Waals surface area contributed by atoms with E-state index >= 15 is 0 Å². The zero-order chi connectivity index (χ0) is 69.3. The van der Waals surface area contributed by atoms with Crippen LogP contribution in [0.2, 0.25) is 0 Å². The molecule has 0 saturated carbocycles. The lowest BCUT2D eigenvalue weighted by Crippen LogP contribution is -2.60. The summed E-state index contributed by atoms with van der Waals surface area (Å²) >= 11 is 1.47. The van der Waals surface area contributed by atoms with Crippen LogP contribution >= 0.6 is 11.8 Å². The van der Waals surface area contributed by atoms with E-state index in [4.69, 9.17) is 15.2 Å². The third kappa shape index (κ3) is 25.3. The Bertz CT molecular complexity index is 2640. The van der Waals surface area contributed by atoms with Gasteiger partial charge in [-0.1, -0.05) is 127 Å². The van der Waals surface area contributed by atoms with Crippen molar-refractivity contribution in [2.24, 2.45) is 47.2 Å². The molecule has 0 bridgehead atoms. The van der Waals surface area contributed by atoms with Crippen molar-refractivity contribution in [1.29, 1.82) is 0 Å². The number of imide groups is 1. The van der Waals surface area contributed by atoms with Crippen molar-refractivity contribution in [1.82, 2.24) is 40.9 Å². The number of benzene rings is 1. The molecule has 7 N–H and O–H groups in total. The number of carbonyl (C=O) groups excluding carboxylic acids is 11. The Balaban J connectivity index is 0.0000295. The van der Waals surface area contributed by atoms with Crippen LogP contribution in [0.25, 0.3) is 0 Å². The molecule has 3 rings (SSSR count). The highest BCUT2D eigenvalue weighted by molar-refractivity contribution is 8.01. The first kappa shape index (κ1) is 82.6. The zero-order valence-electron chi connectivity index (χ0n) is 57.3. The van der Waals surface area contributed by atoms with Crippen molar-refractivity contribution in [3.63, 3.8) is 0 Å². The van der Waals surface area contributed by atoms with Crippen LogP contribution in [-0.4, -0.2) is 203 Å². The Morgan fingerprint density at radius 1 is 0.753 bits per heavy atom. The molecule has 0 radical (unpaired) electrons. The fourth-order valence-corrected chi connectivity index (χ4v) is 13.7. The minimum absolute atomic E-state index is 0. The van der Waals surface area contributed by atoms with Crippen LogP contribution in [0.1, 0.15) is 173 Å². The van der Waals surface area contributed by atoms with E-state index in [0.717, 1.165) is 5.56 Å². The molecule has 1 aromatic rings. The third-order valence-corrected chi connectivity index (χ3v) is 19.2. The Labute approximate surface area is 557 Å². The molecule has 93 heavy (non-hydrogen) atoms. The van der Waals surface area contributed by atoms with E-state index in [1.807, 2.05) is 58.0 Å². The van der Waals surface area contributed by atoms with E-state index in [1.165, 1.54) is 47.7 Å². The van der Waals surface area contributed by atoms with Gasteiger partial charge in [-0.05, 0) is 79.4 Å². The van der Waals surface area contributed by atoms with E-state index in [0.29, 0.717) is 45.1 Å². The Morgan fingerprint density at radius 3 is 1.95 bits per heavy atom. The van der Waals surface area contributed by atoms with Gasteiger partial charge in [0.2, 0.25) is 47.3 Å². The molecule has 3 unspecified atom stereocenters. The summed E-state index contributed by atoms with van der Waals surface area (Å²) in [5.41, 5.74) is 6.07. The number of hydrogen-bond acceptors (Lipinski definition) is 15. The van der Waals surface area contributed by atoms with Gasteiger partial charge in [0.1, 0.15) is 17.9 Å². The van der Waals surface area contributed by atoms with Crippen LogP contribution in [0.5, 0.6) is 0 Å². The number of carboxylic acid groups (broad SMARTS) is 1. The zero-order valence-corrected chi connectivity index (χ0v) is 58.1. The minimum Gasteiger partial charge on any atom is -0.481 e. The Kier molecular flexibility index (Phi) is 36.2. The second kappa shape index (κ2) is 40.7. The lowest BCUT2D eigenvalue weighted by molar-refractivity contribution is -0.149. The molecule has 2 heterocycles. The molecule has 2 saturated heterocycles. The standard InChI is InChI=1S/C67H109N9O15S.CH4/c1-16-43(10)60(51(90-14)36-54(80)75-32-24-28-48(75)61(91-15)44(11)49(77)35-47(66(87)88)33-45-25-19-17-20-26-45)74(13)65(86)58(40(4)5)72-63(84)59(41(6)7)73(12)56(82)38-70-62(83)46(27-23-30-69-67(68)89)34-50(78)57(39(2)3)71-53(79)29-21-18-22-31-76-55(81)37-52(64(76)85)92-42(8)9;/h17,19-20,25-26,39-44,46-48,51-52,57-61H,16,18,21-24,27-38H2,1-15H3,(H,70,83)(H,71,79)(H,72,84)(H,87,88)(H3,68,69,89);1H4/t43-,44-,46+,47+,48?,51+,52?,57-,58-,59-,60?,61+;/m0./s1. The molecule has 12 atom stereocenters. The predicted octanol–water partition coefficient (Wildman–Crippen LogP) is 6.18. The van der Waals surface area contributed by atoms with Crippen LogP contribution in [0.15, 0.2) is 30.3 Å². The van der Waals surface area contributed by atoms with E-state index in [2.05, 4.69) is 21.3 Å². The number of rotatable bonds is 42.